The summed E-state index contributed by atoms with van der Waals surface area (Å²) in [6.45, 7) is 15.0. The highest BCUT2D eigenvalue weighted by Crippen LogP contribution is 2.16. The molecule has 0 saturated heterocycles. The van der Waals surface area contributed by atoms with E-state index in [1.807, 2.05) is 0 Å². The van der Waals surface area contributed by atoms with Crippen molar-refractivity contribution in [2.24, 2.45) is 0 Å². The largest absolute Gasteiger partial charge is 0.388 e. The Labute approximate surface area is 144 Å². The van der Waals surface area contributed by atoms with E-state index in [2.05, 4.69) is 26.3 Å². The Morgan fingerprint density at radius 3 is 1.79 bits per heavy atom. The highest BCUT2D eigenvalue weighted by Gasteiger charge is 2.36. The predicted molar refractivity (Wildman–Crippen MR) is 92.9 cm³/mol. The van der Waals surface area contributed by atoms with Gasteiger partial charge in [-0.25, -0.2) is 0 Å². The lowest BCUT2D eigenvalue weighted by Gasteiger charge is -2.33. The molecule has 0 spiro atoms. The van der Waals surface area contributed by atoms with Gasteiger partial charge in [0.2, 0.25) is 0 Å². The lowest BCUT2D eigenvalue weighted by atomic mass is 10.0. The molecule has 0 bridgehead atoms. The van der Waals surface area contributed by atoms with Crippen molar-refractivity contribution >= 4 is 6.29 Å². The van der Waals surface area contributed by atoms with Crippen LogP contribution in [-0.2, 0) is 23.7 Å². The lowest BCUT2D eigenvalue weighted by molar-refractivity contribution is -0.168. The van der Waals surface area contributed by atoms with Gasteiger partial charge in [-0.05, 0) is 0 Å². The first-order valence-corrected chi connectivity index (χ1v) is 7.65. The number of ether oxygens (including phenoxy) is 4. The van der Waals surface area contributed by atoms with Gasteiger partial charge in [0.1, 0.15) is 24.4 Å². The first-order chi connectivity index (χ1) is 11.7. The summed E-state index contributed by atoms with van der Waals surface area (Å²) < 4.78 is 21.9. The minimum absolute atomic E-state index is 0.00514. The van der Waals surface area contributed by atoms with Crippen molar-refractivity contribution in [3.8, 4) is 0 Å². The molecular weight excluding hydrogens is 312 g/mol. The van der Waals surface area contributed by atoms with E-state index in [1.165, 1.54) is 18.2 Å². The molecule has 0 fully saturated rings. The fourth-order valence-corrected chi connectivity index (χ4v) is 1.92. The van der Waals surface area contributed by atoms with Crippen LogP contribution in [0.2, 0.25) is 0 Å². The van der Waals surface area contributed by atoms with Crippen LogP contribution in [0.1, 0.15) is 0 Å². The van der Waals surface area contributed by atoms with E-state index in [0.717, 1.165) is 0 Å². The van der Waals surface area contributed by atoms with Crippen LogP contribution < -0.4 is 0 Å². The van der Waals surface area contributed by atoms with Gasteiger partial charge in [0.15, 0.2) is 6.29 Å². The molecule has 4 atom stereocenters. The molecule has 24 heavy (non-hydrogen) atoms. The quantitative estimate of drug-likeness (QED) is 0.245. The molecular formula is C18H28O6. The Morgan fingerprint density at radius 2 is 1.29 bits per heavy atom. The number of aliphatic hydroxyl groups excluding tert-OH is 1. The summed E-state index contributed by atoms with van der Waals surface area (Å²) in [4.78, 5) is 11.4. The number of aldehydes is 1. The maximum Gasteiger partial charge on any atom is 0.151 e. The molecule has 6 nitrogen and oxygen atoms in total. The van der Waals surface area contributed by atoms with Crippen LogP contribution >= 0.6 is 0 Å². The van der Waals surface area contributed by atoms with Gasteiger partial charge in [-0.1, -0.05) is 24.3 Å². The molecule has 0 aliphatic rings. The van der Waals surface area contributed by atoms with Gasteiger partial charge in [0.05, 0.1) is 33.0 Å². The highest BCUT2D eigenvalue weighted by atomic mass is 16.6. The number of hydrogen-bond acceptors (Lipinski definition) is 6. The van der Waals surface area contributed by atoms with Crippen LogP contribution in [0.5, 0.6) is 0 Å². The molecule has 0 rings (SSSR count). The second-order valence-electron chi connectivity index (χ2n) is 4.79. The number of carbonyl (C=O) groups is 1. The van der Waals surface area contributed by atoms with E-state index < -0.39 is 24.4 Å². The van der Waals surface area contributed by atoms with Crippen LogP contribution in [0.25, 0.3) is 0 Å². The van der Waals surface area contributed by atoms with E-state index in [0.29, 0.717) is 6.29 Å². The molecule has 0 saturated carbocycles. The minimum atomic E-state index is -1.03. The fourth-order valence-electron chi connectivity index (χ4n) is 1.92. The molecule has 0 aliphatic heterocycles. The van der Waals surface area contributed by atoms with Crippen LogP contribution in [0.3, 0.4) is 0 Å². The summed E-state index contributed by atoms with van der Waals surface area (Å²) in [5, 5.41) is 10.4. The Balaban J connectivity index is 5.21. The average molecular weight is 340 g/mol. The summed E-state index contributed by atoms with van der Waals surface area (Å²) in [5.74, 6) is 0. The van der Waals surface area contributed by atoms with E-state index in [-0.39, 0.29) is 33.0 Å². The first kappa shape index (κ1) is 22.4. The van der Waals surface area contributed by atoms with Crippen molar-refractivity contribution in [3.63, 3.8) is 0 Å². The van der Waals surface area contributed by atoms with Crippen LogP contribution in [0, 0.1) is 0 Å². The topological polar surface area (TPSA) is 74.2 Å². The molecule has 0 aromatic rings. The summed E-state index contributed by atoms with van der Waals surface area (Å²) >= 11 is 0. The molecule has 6 heteroatoms. The van der Waals surface area contributed by atoms with Gasteiger partial charge in [-0.15, -0.1) is 26.3 Å². The van der Waals surface area contributed by atoms with Crippen LogP contribution in [0.15, 0.2) is 50.6 Å². The zero-order chi connectivity index (χ0) is 18.2. The third kappa shape index (κ3) is 8.90. The number of rotatable bonds is 17. The average Bonchev–Trinajstić information content (AvgIpc) is 2.59. The maximum absolute atomic E-state index is 11.4. The maximum atomic E-state index is 11.4. The summed E-state index contributed by atoms with van der Waals surface area (Å²) in [6.07, 6.45) is 3.10. The van der Waals surface area contributed by atoms with E-state index in [4.69, 9.17) is 18.9 Å². The Kier molecular flexibility index (Phi) is 14.0. The van der Waals surface area contributed by atoms with Gasteiger partial charge in [-0.3, -0.25) is 0 Å². The van der Waals surface area contributed by atoms with E-state index in [1.54, 1.807) is 6.08 Å². The van der Waals surface area contributed by atoms with Gasteiger partial charge in [0, 0.05) is 0 Å². The fraction of sp³-hybridized carbons (Fsp3) is 0.500. The molecule has 0 aliphatic carbocycles. The summed E-state index contributed by atoms with van der Waals surface area (Å²) in [7, 11) is 0. The Bertz CT molecular complexity index is 382. The van der Waals surface area contributed by atoms with Gasteiger partial charge < -0.3 is 28.8 Å². The summed E-state index contributed by atoms with van der Waals surface area (Å²) in [6, 6.07) is 0. The molecule has 0 aromatic heterocycles. The lowest BCUT2D eigenvalue weighted by Crippen LogP contribution is -2.51. The van der Waals surface area contributed by atoms with Gasteiger partial charge in [0.25, 0.3) is 0 Å². The summed E-state index contributed by atoms with van der Waals surface area (Å²) in [5.41, 5.74) is 0. The third-order valence-corrected chi connectivity index (χ3v) is 2.90. The molecule has 136 valence electrons. The molecule has 0 unspecified atom stereocenters. The Hall–Kier alpha value is -1.57. The van der Waals surface area contributed by atoms with Crippen LogP contribution in [-0.4, -0.2) is 68.8 Å². The normalized spacial score (nSPS) is 15.7. The number of hydrogen-bond donors (Lipinski definition) is 1. The van der Waals surface area contributed by atoms with Crippen molar-refractivity contribution in [1.29, 1.82) is 0 Å². The van der Waals surface area contributed by atoms with Crippen molar-refractivity contribution in [1.82, 2.24) is 0 Å². The highest BCUT2D eigenvalue weighted by molar-refractivity contribution is 5.57. The zero-order valence-corrected chi connectivity index (χ0v) is 14.0. The van der Waals surface area contributed by atoms with Crippen LogP contribution in [0.4, 0.5) is 0 Å². The van der Waals surface area contributed by atoms with Gasteiger partial charge in [-0.2, -0.15) is 0 Å². The first-order valence-electron chi connectivity index (χ1n) is 7.65. The smallest absolute Gasteiger partial charge is 0.151 e. The number of aliphatic hydroxyl groups is 1. The predicted octanol–water partition coefficient (Wildman–Crippen LogP) is 1.46. The molecule has 0 amide bonds. The molecule has 0 radical (unpaired) electrons. The Morgan fingerprint density at radius 1 is 0.792 bits per heavy atom. The molecule has 0 aromatic carbocycles. The van der Waals surface area contributed by atoms with E-state index >= 15 is 0 Å². The van der Waals surface area contributed by atoms with E-state index in [9.17, 15) is 9.90 Å². The van der Waals surface area contributed by atoms with Crippen molar-refractivity contribution in [2.75, 3.05) is 33.0 Å². The van der Waals surface area contributed by atoms with Crippen molar-refractivity contribution < 1.29 is 28.8 Å². The SMILES string of the molecule is C=CCOC[C@@H](O)[C@@H](OCC=C)[C@H](OCC=C)[C@H](C=O)OCC=C. The zero-order valence-electron chi connectivity index (χ0n) is 14.0. The monoisotopic (exact) mass is 340 g/mol. The van der Waals surface area contributed by atoms with Crippen molar-refractivity contribution in [2.45, 2.75) is 24.4 Å². The number of carbonyl (C=O) groups excluding carboxylic acids is 1. The molecule has 0 heterocycles. The van der Waals surface area contributed by atoms with Gasteiger partial charge >= 0.3 is 0 Å². The standard InChI is InChI=1S/C18H28O6/c1-5-9-21-14-15(20)17(23-11-7-3)18(24-12-8-4)16(13-19)22-10-6-2/h5-8,13,15-18,20H,1-4,9-12,14H2/t15-,16+,17-,18-/m1/s1. The van der Waals surface area contributed by atoms with Crippen molar-refractivity contribution in [3.05, 3.63) is 50.6 Å². The second-order valence-corrected chi connectivity index (χ2v) is 4.79. The minimum Gasteiger partial charge on any atom is -0.388 e. The third-order valence-electron chi connectivity index (χ3n) is 2.90. The second kappa shape index (κ2) is 15.0. The molecule has 1 N–H and O–H groups in total.